The van der Waals surface area contributed by atoms with Crippen molar-refractivity contribution in [3.63, 3.8) is 0 Å². The van der Waals surface area contributed by atoms with Crippen LogP contribution in [0.5, 0.6) is 0 Å². The van der Waals surface area contributed by atoms with Crippen molar-refractivity contribution in [2.24, 2.45) is 10.9 Å². The normalized spacial score (nSPS) is 18.9. The van der Waals surface area contributed by atoms with Gasteiger partial charge in [-0.05, 0) is 30.9 Å². The number of nitrogens with zero attached hydrogens (tertiary/aromatic N) is 5. The van der Waals surface area contributed by atoms with Crippen molar-refractivity contribution in [2.75, 3.05) is 58.3 Å². The first-order chi connectivity index (χ1) is 13.6. The molecule has 1 aliphatic heterocycles. The van der Waals surface area contributed by atoms with E-state index in [1.807, 2.05) is 18.3 Å². The van der Waals surface area contributed by atoms with Crippen molar-refractivity contribution in [3.8, 4) is 0 Å². The lowest BCUT2D eigenvalue weighted by molar-refractivity contribution is -0.127. The van der Waals surface area contributed by atoms with E-state index in [9.17, 15) is 4.79 Å². The number of hydrogen-bond donors (Lipinski definition) is 1. The van der Waals surface area contributed by atoms with E-state index in [1.165, 1.54) is 32.1 Å². The molecule has 1 saturated carbocycles. The molecule has 3 rings (SSSR count). The molecule has 2 fully saturated rings. The Labute approximate surface area is 168 Å². The van der Waals surface area contributed by atoms with E-state index in [4.69, 9.17) is 0 Å². The van der Waals surface area contributed by atoms with Gasteiger partial charge in [-0.1, -0.05) is 25.3 Å². The molecule has 1 aromatic rings. The van der Waals surface area contributed by atoms with Gasteiger partial charge in [0.05, 0.1) is 0 Å². The molecule has 1 amide bonds. The Bertz CT molecular complexity index is 634. The van der Waals surface area contributed by atoms with Crippen LogP contribution in [-0.4, -0.2) is 80.0 Å². The van der Waals surface area contributed by atoms with Crippen molar-refractivity contribution in [1.29, 1.82) is 0 Å². The third-order valence-corrected chi connectivity index (χ3v) is 5.69. The fraction of sp³-hybridized carbons (Fsp3) is 0.667. The number of aromatic nitrogens is 1. The molecule has 7 nitrogen and oxygen atoms in total. The van der Waals surface area contributed by atoms with Crippen LogP contribution in [0.25, 0.3) is 0 Å². The van der Waals surface area contributed by atoms with Crippen molar-refractivity contribution in [1.82, 2.24) is 20.1 Å². The van der Waals surface area contributed by atoms with E-state index in [0.717, 1.165) is 50.4 Å². The maximum Gasteiger partial charge on any atom is 0.243 e. The van der Waals surface area contributed by atoms with Gasteiger partial charge in [0.15, 0.2) is 5.96 Å². The molecule has 0 radical (unpaired) electrons. The minimum atomic E-state index is 0.0316. The van der Waals surface area contributed by atoms with Crippen molar-refractivity contribution in [2.45, 2.75) is 32.1 Å². The average molecular weight is 387 g/mol. The number of likely N-dealkylation sites (N-methyl/N-ethyl adjacent to an activating group) is 1. The largest absolute Gasteiger partial charge is 0.356 e. The molecular formula is C21H34N6O. The van der Waals surface area contributed by atoms with Crippen LogP contribution in [-0.2, 0) is 4.79 Å². The molecule has 7 heteroatoms. The smallest absolute Gasteiger partial charge is 0.243 e. The zero-order valence-electron chi connectivity index (χ0n) is 17.3. The number of guanidine groups is 1. The standard InChI is InChI=1S/C21H34N6O/c1-25(2)20(28)17-24-21(23-16-18-8-4-3-5-9-18)27-14-12-26(13-15-27)19-10-6-7-11-22-19/h6-7,10-11,18H,3-5,8-9,12-17H2,1-2H3,(H,23,24). The van der Waals surface area contributed by atoms with Gasteiger partial charge in [0.25, 0.3) is 0 Å². The van der Waals surface area contributed by atoms with E-state index >= 15 is 0 Å². The van der Waals surface area contributed by atoms with Crippen molar-refractivity contribution < 1.29 is 4.79 Å². The molecule has 154 valence electrons. The van der Waals surface area contributed by atoms with E-state index in [2.05, 4.69) is 31.2 Å². The Morgan fingerprint density at radius 1 is 1.18 bits per heavy atom. The molecule has 1 aromatic heterocycles. The van der Waals surface area contributed by atoms with Crippen molar-refractivity contribution in [3.05, 3.63) is 24.4 Å². The molecule has 0 unspecified atom stereocenters. The summed E-state index contributed by atoms with van der Waals surface area (Å²) in [6, 6.07) is 6.03. The summed E-state index contributed by atoms with van der Waals surface area (Å²) in [6.45, 7) is 4.72. The molecule has 28 heavy (non-hydrogen) atoms. The molecule has 0 atom stereocenters. The van der Waals surface area contributed by atoms with Gasteiger partial charge < -0.3 is 20.0 Å². The summed E-state index contributed by atoms with van der Waals surface area (Å²) in [7, 11) is 3.55. The number of aliphatic imine (C=N–C) groups is 1. The average Bonchev–Trinajstić information content (AvgIpc) is 2.75. The SMILES string of the molecule is CN(C)C(=O)CN=C(NCC1CCCCC1)N1CCN(c2ccccn2)CC1. The summed E-state index contributed by atoms with van der Waals surface area (Å²) < 4.78 is 0. The second-order valence-electron chi connectivity index (χ2n) is 7.97. The van der Waals surface area contributed by atoms with Gasteiger partial charge in [0.1, 0.15) is 12.4 Å². The van der Waals surface area contributed by atoms with Crippen LogP contribution in [0.2, 0.25) is 0 Å². The van der Waals surface area contributed by atoms with E-state index in [-0.39, 0.29) is 12.5 Å². The van der Waals surface area contributed by atoms with Crippen LogP contribution < -0.4 is 10.2 Å². The Balaban J connectivity index is 1.59. The Morgan fingerprint density at radius 2 is 1.93 bits per heavy atom. The van der Waals surface area contributed by atoms with Crippen molar-refractivity contribution >= 4 is 17.7 Å². The molecule has 0 aromatic carbocycles. The number of anilines is 1. The summed E-state index contributed by atoms with van der Waals surface area (Å²) in [5, 5.41) is 3.58. The first kappa shape index (κ1) is 20.4. The second kappa shape index (κ2) is 10.3. The maximum atomic E-state index is 12.0. The van der Waals surface area contributed by atoms with Gasteiger partial charge in [0, 0.05) is 53.0 Å². The summed E-state index contributed by atoms with van der Waals surface area (Å²) in [6.07, 6.45) is 8.47. The summed E-state index contributed by atoms with van der Waals surface area (Å²) >= 11 is 0. The number of hydrogen-bond acceptors (Lipinski definition) is 4. The lowest BCUT2D eigenvalue weighted by Crippen LogP contribution is -2.53. The molecule has 0 bridgehead atoms. The molecule has 2 heterocycles. The van der Waals surface area contributed by atoms with Crippen LogP contribution in [0, 0.1) is 5.92 Å². The van der Waals surface area contributed by atoms with Gasteiger partial charge in [-0.3, -0.25) is 4.79 Å². The minimum Gasteiger partial charge on any atom is -0.356 e. The highest BCUT2D eigenvalue weighted by Gasteiger charge is 2.22. The van der Waals surface area contributed by atoms with Gasteiger partial charge in [-0.15, -0.1) is 0 Å². The first-order valence-electron chi connectivity index (χ1n) is 10.5. The highest BCUT2D eigenvalue weighted by Crippen LogP contribution is 2.23. The number of piperazine rings is 1. The second-order valence-corrected chi connectivity index (χ2v) is 7.97. The third kappa shape index (κ3) is 5.84. The Morgan fingerprint density at radius 3 is 2.57 bits per heavy atom. The molecule has 1 saturated heterocycles. The van der Waals surface area contributed by atoms with Gasteiger partial charge >= 0.3 is 0 Å². The molecule has 1 aliphatic carbocycles. The van der Waals surface area contributed by atoms with Gasteiger partial charge in [-0.2, -0.15) is 0 Å². The van der Waals surface area contributed by atoms with E-state index in [1.54, 1.807) is 19.0 Å². The highest BCUT2D eigenvalue weighted by atomic mass is 16.2. The summed E-state index contributed by atoms with van der Waals surface area (Å²) in [5.74, 6) is 2.66. The maximum absolute atomic E-state index is 12.0. The van der Waals surface area contributed by atoms with Gasteiger partial charge in [-0.25, -0.2) is 9.98 Å². The Hall–Kier alpha value is -2.31. The topological polar surface area (TPSA) is 64.1 Å². The minimum absolute atomic E-state index is 0.0316. The summed E-state index contributed by atoms with van der Waals surface area (Å²) in [5.41, 5.74) is 0. The molecular weight excluding hydrogens is 352 g/mol. The number of pyridine rings is 1. The predicted octanol–water partition coefficient (Wildman–Crippen LogP) is 1.82. The zero-order chi connectivity index (χ0) is 19.8. The zero-order valence-corrected chi connectivity index (χ0v) is 17.3. The molecule has 2 aliphatic rings. The van der Waals surface area contributed by atoms with Crippen LogP contribution in [0.1, 0.15) is 32.1 Å². The number of amides is 1. The Kier molecular flexibility index (Phi) is 7.51. The molecule has 1 N–H and O–H groups in total. The van der Waals surface area contributed by atoms with Crippen LogP contribution >= 0.6 is 0 Å². The highest BCUT2D eigenvalue weighted by molar-refractivity contribution is 5.85. The predicted molar refractivity (Wildman–Crippen MR) is 114 cm³/mol. The first-order valence-corrected chi connectivity index (χ1v) is 10.5. The van der Waals surface area contributed by atoms with Crippen LogP contribution in [0.3, 0.4) is 0 Å². The third-order valence-electron chi connectivity index (χ3n) is 5.69. The quantitative estimate of drug-likeness (QED) is 0.618. The van der Waals surface area contributed by atoms with Gasteiger partial charge in [0.2, 0.25) is 5.91 Å². The summed E-state index contributed by atoms with van der Waals surface area (Å²) in [4.78, 5) is 27.3. The number of carbonyl (C=O) groups excluding carboxylic acids is 1. The van der Waals surface area contributed by atoms with Crippen LogP contribution in [0.4, 0.5) is 5.82 Å². The fourth-order valence-corrected chi connectivity index (χ4v) is 3.87. The number of rotatable bonds is 5. The lowest BCUT2D eigenvalue weighted by atomic mass is 9.89. The van der Waals surface area contributed by atoms with E-state index in [0.29, 0.717) is 0 Å². The number of nitrogens with one attached hydrogen (secondary N) is 1. The number of carbonyl (C=O) groups is 1. The van der Waals surface area contributed by atoms with E-state index < -0.39 is 0 Å². The van der Waals surface area contributed by atoms with Crippen LogP contribution in [0.15, 0.2) is 29.4 Å². The lowest BCUT2D eigenvalue weighted by Gasteiger charge is -2.37. The molecule has 0 spiro atoms. The monoisotopic (exact) mass is 386 g/mol. The fourth-order valence-electron chi connectivity index (χ4n) is 3.87.